The molecule has 3 aromatic rings. The van der Waals surface area contributed by atoms with E-state index in [1.807, 2.05) is 38.1 Å². The fourth-order valence-electron chi connectivity index (χ4n) is 3.04. The molecule has 0 radical (unpaired) electrons. The van der Waals surface area contributed by atoms with E-state index in [9.17, 15) is 0 Å². The number of para-hydroxylation sites is 1. The second-order valence-electron chi connectivity index (χ2n) is 6.97. The zero-order valence-corrected chi connectivity index (χ0v) is 15.8. The van der Waals surface area contributed by atoms with Crippen molar-refractivity contribution in [2.24, 2.45) is 0 Å². The molecule has 4 rings (SSSR count). The van der Waals surface area contributed by atoms with Gasteiger partial charge in [-0.2, -0.15) is 0 Å². The summed E-state index contributed by atoms with van der Waals surface area (Å²) >= 11 is 0. The number of rotatable bonds is 6. The second-order valence-corrected chi connectivity index (χ2v) is 6.97. The predicted molar refractivity (Wildman–Crippen MR) is 107 cm³/mol. The van der Waals surface area contributed by atoms with Crippen LogP contribution in [0.3, 0.4) is 0 Å². The Morgan fingerprint density at radius 1 is 1.04 bits per heavy atom. The van der Waals surface area contributed by atoms with Crippen LogP contribution in [0.1, 0.15) is 36.1 Å². The number of nitrogens with zero attached hydrogens (tertiary/aromatic N) is 3. The van der Waals surface area contributed by atoms with Gasteiger partial charge in [-0.05, 0) is 51.3 Å². The van der Waals surface area contributed by atoms with E-state index in [4.69, 9.17) is 9.72 Å². The van der Waals surface area contributed by atoms with E-state index in [-0.39, 0.29) is 0 Å². The van der Waals surface area contributed by atoms with Crippen LogP contribution in [0.15, 0.2) is 48.8 Å². The zero-order valence-electron chi connectivity index (χ0n) is 15.8. The van der Waals surface area contributed by atoms with E-state index in [1.165, 1.54) is 6.42 Å². The molecule has 1 aromatic carbocycles. The number of nitrogens with one attached hydrogen (secondary N) is 1. The topological polar surface area (TPSA) is 59.9 Å². The highest BCUT2D eigenvalue weighted by Crippen LogP contribution is 2.28. The van der Waals surface area contributed by atoms with Crippen molar-refractivity contribution in [1.82, 2.24) is 15.0 Å². The van der Waals surface area contributed by atoms with Crippen LogP contribution in [0.2, 0.25) is 0 Å². The lowest BCUT2D eigenvalue weighted by atomic mass is 9.96. The Kier molecular flexibility index (Phi) is 5.01. The number of aromatic nitrogens is 3. The van der Waals surface area contributed by atoms with Crippen LogP contribution in [0.5, 0.6) is 5.75 Å². The molecular formula is C22H24N4O. The molecule has 0 atom stereocenters. The van der Waals surface area contributed by atoms with Crippen LogP contribution < -0.4 is 10.1 Å². The molecule has 1 saturated carbocycles. The van der Waals surface area contributed by atoms with E-state index < -0.39 is 0 Å². The summed E-state index contributed by atoms with van der Waals surface area (Å²) in [5.74, 6) is 2.53. The highest BCUT2D eigenvalue weighted by atomic mass is 16.5. The first-order valence-corrected chi connectivity index (χ1v) is 9.45. The summed E-state index contributed by atoms with van der Waals surface area (Å²) in [5, 5.41) is 3.48. The SMILES string of the molecule is Cc1nc(-c2ccncc2)nc(NCc2ccccc2OC2CCC2)c1C. The monoisotopic (exact) mass is 360 g/mol. The van der Waals surface area contributed by atoms with Crippen molar-refractivity contribution in [3.8, 4) is 17.1 Å². The van der Waals surface area contributed by atoms with Crippen LogP contribution in [-0.4, -0.2) is 21.1 Å². The smallest absolute Gasteiger partial charge is 0.161 e. The van der Waals surface area contributed by atoms with Gasteiger partial charge in [0.25, 0.3) is 0 Å². The van der Waals surface area contributed by atoms with Gasteiger partial charge in [-0.25, -0.2) is 9.97 Å². The summed E-state index contributed by atoms with van der Waals surface area (Å²) in [7, 11) is 0. The van der Waals surface area contributed by atoms with Crippen molar-refractivity contribution >= 4 is 5.82 Å². The van der Waals surface area contributed by atoms with Crippen LogP contribution in [0.4, 0.5) is 5.82 Å². The van der Waals surface area contributed by atoms with E-state index in [0.717, 1.165) is 46.8 Å². The largest absolute Gasteiger partial charge is 0.490 e. The first-order chi connectivity index (χ1) is 13.2. The fraction of sp³-hybridized carbons (Fsp3) is 0.318. The lowest BCUT2D eigenvalue weighted by Crippen LogP contribution is -2.25. The maximum absolute atomic E-state index is 6.14. The predicted octanol–water partition coefficient (Wildman–Crippen LogP) is 4.70. The number of hydrogen-bond donors (Lipinski definition) is 1. The second kappa shape index (κ2) is 7.74. The number of anilines is 1. The molecule has 0 bridgehead atoms. The summed E-state index contributed by atoms with van der Waals surface area (Å²) in [6.07, 6.45) is 7.46. The van der Waals surface area contributed by atoms with Crippen molar-refractivity contribution in [2.75, 3.05) is 5.32 Å². The molecule has 5 nitrogen and oxygen atoms in total. The molecule has 27 heavy (non-hydrogen) atoms. The van der Waals surface area contributed by atoms with E-state index >= 15 is 0 Å². The van der Waals surface area contributed by atoms with Gasteiger partial charge >= 0.3 is 0 Å². The Balaban J connectivity index is 1.55. The third kappa shape index (κ3) is 3.92. The molecule has 0 spiro atoms. The van der Waals surface area contributed by atoms with Gasteiger partial charge < -0.3 is 10.1 Å². The lowest BCUT2D eigenvalue weighted by Gasteiger charge is -2.27. The average Bonchev–Trinajstić information content (AvgIpc) is 2.67. The lowest BCUT2D eigenvalue weighted by molar-refractivity contribution is 0.119. The zero-order chi connectivity index (χ0) is 18.6. The molecule has 0 unspecified atom stereocenters. The van der Waals surface area contributed by atoms with Gasteiger partial charge in [-0.1, -0.05) is 18.2 Å². The summed E-state index contributed by atoms with van der Waals surface area (Å²) in [6, 6.07) is 12.1. The van der Waals surface area contributed by atoms with Gasteiger partial charge in [0.15, 0.2) is 5.82 Å². The molecule has 0 aliphatic heterocycles. The average molecular weight is 360 g/mol. The molecular weight excluding hydrogens is 336 g/mol. The molecule has 0 saturated heterocycles. The molecule has 1 aliphatic carbocycles. The minimum absolute atomic E-state index is 0.368. The van der Waals surface area contributed by atoms with Gasteiger partial charge in [0, 0.05) is 41.3 Å². The van der Waals surface area contributed by atoms with E-state index in [0.29, 0.717) is 18.5 Å². The summed E-state index contributed by atoms with van der Waals surface area (Å²) in [6.45, 7) is 4.72. The number of benzene rings is 1. The highest BCUT2D eigenvalue weighted by molar-refractivity contribution is 5.59. The van der Waals surface area contributed by atoms with Crippen molar-refractivity contribution in [3.63, 3.8) is 0 Å². The minimum Gasteiger partial charge on any atom is -0.490 e. The van der Waals surface area contributed by atoms with Gasteiger partial charge in [0.2, 0.25) is 0 Å². The van der Waals surface area contributed by atoms with Crippen LogP contribution in [-0.2, 0) is 6.54 Å². The van der Waals surface area contributed by atoms with Gasteiger partial charge in [0.05, 0.1) is 6.10 Å². The Morgan fingerprint density at radius 3 is 2.56 bits per heavy atom. The van der Waals surface area contributed by atoms with E-state index in [1.54, 1.807) is 12.4 Å². The van der Waals surface area contributed by atoms with Crippen molar-refractivity contribution in [2.45, 2.75) is 45.8 Å². The Hall–Kier alpha value is -2.95. The van der Waals surface area contributed by atoms with E-state index in [2.05, 4.69) is 27.4 Å². The maximum atomic E-state index is 6.14. The van der Waals surface area contributed by atoms with Gasteiger partial charge in [-0.15, -0.1) is 0 Å². The number of hydrogen-bond acceptors (Lipinski definition) is 5. The summed E-state index contributed by atoms with van der Waals surface area (Å²) < 4.78 is 6.14. The summed E-state index contributed by atoms with van der Waals surface area (Å²) in [5.41, 5.74) is 4.14. The van der Waals surface area contributed by atoms with Crippen molar-refractivity contribution < 1.29 is 4.74 Å². The van der Waals surface area contributed by atoms with Crippen LogP contribution in [0, 0.1) is 13.8 Å². The number of aryl methyl sites for hydroxylation is 1. The van der Waals surface area contributed by atoms with Crippen LogP contribution >= 0.6 is 0 Å². The molecule has 1 aliphatic rings. The van der Waals surface area contributed by atoms with Gasteiger partial charge in [-0.3, -0.25) is 4.98 Å². The van der Waals surface area contributed by atoms with Crippen LogP contribution in [0.25, 0.3) is 11.4 Å². The third-order valence-corrected chi connectivity index (χ3v) is 5.09. The first kappa shape index (κ1) is 17.5. The van der Waals surface area contributed by atoms with Crippen molar-refractivity contribution in [3.05, 3.63) is 65.6 Å². The minimum atomic E-state index is 0.368. The molecule has 1 fully saturated rings. The Morgan fingerprint density at radius 2 is 1.81 bits per heavy atom. The third-order valence-electron chi connectivity index (χ3n) is 5.09. The molecule has 1 N–H and O–H groups in total. The normalized spacial score (nSPS) is 13.9. The Bertz CT molecular complexity index is 923. The Labute approximate surface area is 159 Å². The van der Waals surface area contributed by atoms with Crippen molar-refractivity contribution in [1.29, 1.82) is 0 Å². The molecule has 2 heterocycles. The molecule has 5 heteroatoms. The number of pyridine rings is 1. The molecule has 2 aromatic heterocycles. The summed E-state index contributed by atoms with van der Waals surface area (Å²) in [4.78, 5) is 13.4. The molecule has 138 valence electrons. The first-order valence-electron chi connectivity index (χ1n) is 9.45. The molecule has 0 amide bonds. The standard InChI is InChI=1S/C22H24N4O/c1-15-16(2)25-22(17-10-12-23-13-11-17)26-21(15)24-14-18-6-3-4-9-20(18)27-19-7-5-8-19/h3-4,6,9-13,19H,5,7-8,14H2,1-2H3,(H,24,25,26). The maximum Gasteiger partial charge on any atom is 0.161 e. The highest BCUT2D eigenvalue weighted by Gasteiger charge is 2.20. The quantitative estimate of drug-likeness (QED) is 0.690. The van der Waals surface area contributed by atoms with Gasteiger partial charge in [0.1, 0.15) is 11.6 Å². The number of ether oxygens (including phenoxy) is 1. The fourth-order valence-corrected chi connectivity index (χ4v) is 3.04.